The van der Waals surface area contributed by atoms with E-state index in [1.54, 1.807) is 24.3 Å². The van der Waals surface area contributed by atoms with Crippen LogP contribution in [0, 0.1) is 10.1 Å². The summed E-state index contributed by atoms with van der Waals surface area (Å²) in [5, 5.41) is 21.1. The van der Waals surface area contributed by atoms with Crippen molar-refractivity contribution in [3.63, 3.8) is 0 Å². The van der Waals surface area contributed by atoms with Crippen molar-refractivity contribution in [2.24, 2.45) is 0 Å². The van der Waals surface area contributed by atoms with Gasteiger partial charge in [0.05, 0.1) is 11.0 Å². The Bertz CT molecular complexity index is 713. The quantitative estimate of drug-likeness (QED) is 0.610. The first-order chi connectivity index (χ1) is 12.0. The minimum atomic E-state index is -0.501. The first-order valence-electron chi connectivity index (χ1n) is 8.18. The van der Waals surface area contributed by atoms with Gasteiger partial charge in [0.25, 0.3) is 5.69 Å². The molecule has 6 nitrogen and oxygen atoms in total. The Morgan fingerprint density at radius 1 is 1.04 bits per heavy atom. The van der Waals surface area contributed by atoms with Crippen LogP contribution >= 0.6 is 15.9 Å². The number of halogens is 1. The Morgan fingerprint density at radius 3 is 2.20 bits per heavy atom. The molecule has 7 heteroatoms. The number of nitro groups is 1. The molecule has 1 fully saturated rings. The van der Waals surface area contributed by atoms with Crippen LogP contribution in [0.1, 0.15) is 11.7 Å². The van der Waals surface area contributed by atoms with Crippen molar-refractivity contribution in [2.45, 2.75) is 6.10 Å². The lowest BCUT2D eigenvalue weighted by atomic mass is 10.1. The lowest BCUT2D eigenvalue weighted by Gasteiger charge is -2.36. The summed E-state index contributed by atoms with van der Waals surface area (Å²) in [5.41, 5.74) is 2.03. The van der Waals surface area contributed by atoms with Gasteiger partial charge in [0, 0.05) is 55.0 Å². The van der Waals surface area contributed by atoms with Gasteiger partial charge in [0.15, 0.2) is 0 Å². The Labute approximate surface area is 155 Å². The van der Waals surface area contributed by atoms with Crippen LogP contribution < -0.4 is 4.90 Å². The van der Waals surface area contributed by atoms with Gasteiger partial charge in [0.2, 0.25) is 0 Å². The molecule has 0 amide bonds. The van der Waals surface area contributed by atoms with Crippen LogP contribution in [0.2, 0.25) is 0 Å². The number of nitro benzene ring substituents is 1. The van der Waals surface area contributed by atoms with E-state index in [-0.39, 0.29) is 10.6 Å². The van der Waals surface area contributed by atoms with Gasteiger partial charge in [0.1, 0.15) is 0 Å². The fraction of sp³-hybridized carbons (Fsp3) is 0.333. The van der Waals surface area contributed by atoms with E-state index in [0.717, 1.165) is 41.9 Å². The molecule has 25 heavy (non-hydrogen) atoms. The second kappa shape index (κ2) is 7.95. The van der Waals surface area contributed by atoms with Crippen molar-refractivity contribution in [3.05, 3.63) is 68.7 Å². The van der Waals surface area contributed by atoms with E-state index in [4.69, 9.17) is 0 Å². The largest absolute Gasteiger partial charge is 0.387 e. The van der Waals surface area contributed by atoms with Crippen LogP contribution in [-0.2, 0) is 0 Å². The monoisotopic (exact) mass is 405 g/mol. The molecule has 0 aliphatic carbocycles. The smallest absolute Gasteiger partial charge is 0.269 e. The first-order valence-corrected chi connectivity index (χ1v) is 8.97. The van der Waals surface area contributed by atoms with Gasteiger partial charge in [-0.2, -0.15) is 0 Å². The van der Waals surface area contributed by atoms with E-state index in [2.05, 4.69) is 25.7 Å². The molecule has 3 rings (SSSR count). The summed E-state index contributed by atoms with van der Waals surface area (Å²) in [4.78, 5) is 14.8. The minimum absolute atomic E-state index is 0.111. The van der Waals surface area contributed by atoms with E-state index < -0.39 is 6.10 Å². The van der Waals surface area contributed by atoms with Gasteiger partial charge in [-0.3, -0.25) is 15.0 Å². The summed E-state index contributed by atoms with van der Waals surface area (Å²) in [5.74, 6) is 0. The third kappa shape index (κ3) is 4.56. The van der Waals surface area contributed by atoms with Crippen molar-refractivity contribution >= 4 is 27.3 Å². The highest BCUT2D eigenvalue weighted by Gasteiger charge is 2.20. The maximum Gasteiger partial charge on any atom is 0.269 e. The summed E-state index contributed by atoms with van der Waals surface area (Å²) in [6, 6.07) is 14.4. The average molecular weight is 406 g/mol. The van der Waals surface area contributed by atoms with Crippen LogP contribution in [0.5, 0.6) is 0 Å². The molecule has 0 radical (unpaired) electrons. The van der Waals surface area contributed by atoms with Crippen molar-refractivity contribution in [1.82, 2.24) is 4.90 Å². The van der Waals surface area contributed by atoms with E-state index in [1.807, 2.05) is 24.3 Å². The molecule has 0 spiro atoms. The van der Waals surface area contributed by atoms with Gasteiger partial charge >= 0.3 is 0 Å². The summed E-state index contributed by atoms with van der Waals surface area (Å²) < 4.78 is 1.00. The lowest BCUT2D eigenvalue weighted by molar-refractivity contribution is -0.384. The molecule has 1 N–H and O–H groups in total. The fourth-order valence-corrected chi connectivity index (χ4v) is 3.27. The number of nitrogens with zero attached hydrogens (tertiary/aromatic N) is 3. The van der Waals surface area contributed by atoms with Crippen LogP contribution in [0.25, 0.3) is 0 Å². The number of hydrogen-bond donors (Lipinski definition) is 1. The second-order valence-corrected chi connectivity index (χ2v) is 7.04. The number of aliphatic hydroxyl groups is 1. The molecule has 2 aromatic carbocycles. The Hall–Kier alpha value is -1.96. The summed E-state index contributed by atoms with van der Waals surface area (Å²) in [7, 11) is 0. The zero-order chi connectivity index (χ0) is 17.8. The number of β-amino-alcohol motifs (C(OH)–C–C–N with tert-alkyl or cyclic N) is 1. The fourth-order valence-electron chi connectivity index (χ4n) is 3.01. The highest BCUT2D eigenvalue weighted by molar-refractivity contribution is 9.10. The first kappa shape index (κ1) is 17.8. The third-order valence-corrected chi connectivity index (χ3v) is 5.01. The van der Waals surface area contributed by atoms with Crippen molar-refractivity contribution in [3.8, 4) is 0 Å². The molecule has 0 bridgehead atoms. The van der Waals surface area contributed by atoms with Gasteiger partial charge in [-0.25, -0.2) is 0 Å². The van der Waals surface area contributed by atoms with E-state index in [1.165, 1.54) is 0 Å². The zero-order valence-corrected chi connectivity index (χ0v) is 15.3. The molecule has 0 aromatic heterocycles. The Balaban J connectivity index is 1.53. The molecule has 2 aromatic rings. The van der Waals surface area contributed by atoms with Gasteiger partial charge in [-0.05, 0) is 29.8 Å². The average Bonchev–Trinajstić information content (AvgIpc) is 2.63. The topological polar surface area (TPSA) is 69.9 Å². The zero-order valence-electron chi connectivity index (χ0n) is 13.7. The lowest BCUT2D eigenvalue weighted by Crippen LogP contribution is -2.47. The molecule has 1 aliphatic rings. The molecule has 1 unspecified atom stereocenters. The predicted molar refractivity (Wildman–Crippen MR) is 101 cm³/mol. The summed E-state index contributed by atoms with van der Waals surface area (Å²) in [6.45, 7) is 3.99. The summed E-state index contributed by atoms with van der Waals surface area (Å²) in [6.07, 6.45) is -0.501. The van der Waals surface area contributed by atoms with Crippen LogP contribution in [0.4, 0.5) is 11.4 Å². The van der Waals surface area contributed by atoms with E-state index in [9.17, 15) is 15.2 Å². The maximum atomic E-state index is 10.7. The van der Waals surface area contributed by atoms with Gasteiger partial charge in [-0.15, -0.1) is 0 Å². The van der Waals surface area contributed by atoms with Crippen molar-refractivity contribution < 1.29 is 10.0 Å². The van der Waals surface area contributed by atoms with Crippen molar-refractivity contribution in [1.29, 1.82) is 0 Å². The normalized spacial score (nSPS) is 16.6. The Kier molecular flexibility index (Phi) is 5.67. The molecule has 0 saturated carbocycles. The highest BCUT2D eigenvalue weighted by atomic mass is 79.9. The number of hydrogen-bond acceptors (Lipinski definition) is 5. The molecule has 1 heterocycles. The van der Waals surface area contributed by atoms with Crippen molar-refractivity contribution in [2.75, 3.05) is 37.6 Å². The number of piperazine rings is 1. The number of non-ortho nitro benzene ring substituents is 1. The maximum absolute atomic E-state index is 10.7. The van der Waals surface area contributed by atoms with E-state index in [0.29, 0.717) is 6.54 Å². The third-order valence-electron chi connectivity index (χ3n) is 4.48. The van der Waals surface area contributed by atoms with Gasteiger partial charge < -0.3 is 10.0 Å². The number of rotatable bonds is 5. The minimum Gasteiger partial charge on any atom is -0.387 e. The number of anilines is 1. The van der Waals surface area contributed by atoms with Crippen LogP contribution in [-0.4, -0.2) is 47.7 Å². The predicted octanol–water partition coefficient (Wildman–Crippen LogP) is 3.21. The number of aliphatic hydroxyl groups excluding tert-OH is 1. The second-order valence-electron chi connectivity index (χ2n) is 6.13. The SMILES string of the molecule is O=[N+]([O-])c1ccc(N2CCN(CC(O)c3ccc(Br)cc3)CC2)cc1. The molecule has 1 saturated heterocycles. The molecular weight excluding hydrogens is 386 g/mol. The molecular formula is C18H20BrN3O3. The molecule has 1 aliphatic heterocycles. The number of benzene rings is 2. The standard InChI is InChI=1S/C18H20BrN3O3/c19-15-3-1-14(2-4-15)18(23)13-20-9-11-21(12-10-20)16-5-7-17(8-6-16)22(24)25/h1-8,18,23H,9-13H2. The molecule has 132 valence electrons. The highest BCUT2D eigenvalue weighted by Crippen LogP contribution is 2.22. The van der Waals surface area contributed by atoms with E-state index >= 15 is 0 Å². The van der Waals surface area contributed by atoms with Crippen LogP contribution in [0.15, 0.2) is 53.0 Å². The van der Waals surface area contributed by atoms with Crippen LogP contribution in [0.3, 0.4) is 0 Å². The Morgan fingerprint density at radius 2 is 1.64 bits per heavy atom. The summed E-state index contributed by atoms with van der Waals surface area (Å²) >= 11 is 3.40. The molecule has 1 atom stereocenters. The van der Waals surface area contributed by atoms with Gasteiger partial charge in [-0.1, -0.05) is 28.1 Å².